The number of anilines is 2. The summed E-state index contributed by atoms with van der Waals surface area (Å²) in [7, 11) is 1.44. The number of non-ortho nitro benzene ring substituents is 1. The molecule has 0 saturated carbocycles. The summed E-state index contributed by atoms with van der Waals surface area (Å²) in [4.78, 5) is 38.7. The van der Waals surface area contributed by atoms with Gasteiger partial charge in [-0.05, 0) is 36.4 Å². The number of nitro benzene ring substituents is 1. The van der Waals surface area contributed by atoms with Gasteiger partial charge in [-0.1, -0.05) is 0 Å². The quantitative estimate of drug-likeness (QED) is 0.489. The van der Waals surface area contributed by atoms with Crippen LogP contribution in [0.25, 0.3) is 0 Å². The third-order valence-corrected chi connectivity index (χ3v) is 3.97. The molecule has 0 aliphatic rings. The van der Waals surface area contributed by atoms with Crippen molar-refractivity contribution in [2.75, 3.05) is 17.7 Å². The van der Waals surface area contributed by atoms with Crippen LogP contribution in [0.15, 0.2) is 67.0 Å². The van der Waals surface area contributed by atoms with Crippen molar-refractivity contribution in [2.45, 2.75) is 0 Å². The van der Waals surface area contributed by atoms with E-state index in [1.807, 2.05) is 0 Å². The average Bonchev–Trinajstić information content (AvgIpc) is 2.75. The number of aromatic nitrogens is 1. The largest absolute Gasteiger partial charge is 0.494 e. The first-order valence-corrected chi connectivity index (χ1v) is 8.43. The molecule has 0 spiro atoms. The van der Waals surface area contributed by atoms with Crippen molar-refractivity contribution in [1.29, 1.82) is 0 Å². The molecule has 0 bridgehead atoms. The van der Waals surface area contributed by atoms with Gasteiger partial charge in [0.2, 0.25) is 0 Å². The topological polar surface area (TPSA) is 123 Å². The van der Waals surface area contributed by atoms with Crippen molar-refractivity contribution in [2.24, 2.45) is 0 Å². The Morgan fingerprint density at radius 2 is 1.72 bits per heavy atom. The molecule has 146 valence electrons. The molecule has 2 N–H and O–H groups in total. The summed E-state index contributed by atoms with van der Waals surface area (Å²) in [5, 5.41) is 16.1. The number of pyridine rings is 1. The SMILES string of the molecule is COc1cc(NC(=O)c2ccc([N+](=O)[O-])cc2)ccc1NC(=O)c1cccnc1. The van der Waals surface area contributed by atoms with Gasteiger partial charge in [-0.2, -0.15) is 0 Å². The van der Waals surface area contributed by atoms with E-state index >= 15 is 0 Å². The molecule has 9 heteroatoms. The van der Waals surface area contributed by atoms with Crippen molar-refractivity contribution in [3.05, 3.63) is 88.2 Å². The molecule has 3 aromatic rings. The van der Waals surface area contributed by atoms with Crippen molar-refractivity contribution in [3.63, 3.8) is 0 Å². The van der Waals surface area contributed by atoms with Crippen LogP contribution in [0.3, 0.4) is 0 Å². The Morgan fingerprint density at radius 1 is 1.00 bits per heavy atom. The molecule has 2 aromatic carbocycles. The number of nitro groups is 1. The van der Waals surface area contributed by atoms with Gasteiger partial charge in [-0.25, -0.2) is 0 Å². The van der Waals surface area contributed by atoms with E-state index in [4.69, 9.17) is 4.74 Å². The van der Waals surface area contributed by atoms with E-state index in [9.17, 15) is 19.7 Å². The maximum atomic E-state index is 12.3. The van der Waals surface area contributed by atoms with Gasteiger partial charge in [-0.3, -0.25) is 24.7 Å². The molecule has 0 aliphatic heterocycles. The molecule has 0 fully saturated rings. The Balaban J connectivity index is 1.73. The highest BCUT2D eigenvalue weighted by Crippen LogP contribution is 2.28. The van der Waals surface area contributed by atoms with E-state index in [1.165, 1.54) is 37.6 Å². The van der Waals surface area contributed by atoms with Crippen LogP contribution < -0.4 is 15.4 Å². The van der Waals surface area contributed by atoms with E-state index in [0.717, 1.165) is 0 Å². The number of hydrogen-bond acceptors (Lipinski definition) is 6. The second-order valence-electron chi connectivity index (χ2n) is 5.87. The zero-order chi connectivity index (χ0) is 20.8. The monoisotopic (exact) mass is 392 g/mol. The maximum Gasteiger partial charge on any atom is 0.269 e. The highest BCUT2D eigenvalue weighted by Gasteiger charge is 2.13. The van der Waals surface area contributed by atoms with Gasteiger partial charge in [0.25, 0.3) is 17.5 Å². The molecule has 0 aliphatic carbocycles. The fourth-order valence-corrected chi connectivity index (χ4v) is 2.50. The fraction of sp³-hybridized carbons (Fsp3) is 0.0500. The van der Waals surface area contributed by atoms with Crippen molar-refractivity contribution < 1.29 is 19.2 Å². The van der Waals surface area contributed by atoms with Crippen molar-refractivity contribution in [1.82, 2.24) is 4.98 Å². The average molecular weight is 392 g/mol. The fourth-order valence-electron chi connectivity index (χ4n) is 2.50. The minimum Gasteiger partial charge on any atom is -0.494 e. The molecule has 29 heavy (non-hydrogen) atoms. The highest BCUT2D eigenvalue weighted by molar-refractivity contribution is 6.06. The number of rotatable bonds is 6. The van der Waals surface area contributed by atoms with Gasteiger partial charge < -0.3 is 15.4 Å². The summed E-state index contributed by atoms with van der Waals surface area (Å²) in [6.07, 6.45) is 3.01. The number of hydrogen-bond donors (Lipinski definition) is 2. The van der Waals surface area contributed by atoms with Crippen LogP contribution in [-0.2, 0) is 0 Å². The van der Waals surface area contributed by atoms with Crippen molar-refractivity contribution in [3.8, 4) is 5.75 Å². The first-order chi connectivity index (χ1) is 14.0. The van der Waals surface area contributed by atoms with Crippen LogP contribution in [0.1, 0.15) is 20.7 Å². The second kappa shape index (κ2) is 8.61. The number of benzene rings is 2. The molecule has 0 radical (unpaired) electrons. The van der Waals surface area contributed by atoms with Gasteiger partial charge in [0, 0.05) is 41.8 Å². The molecule has 3 rings (SSSR count). The summed E-state index contributed by atoms with van der Waals surface area (Å²) >= 11 is 0. The minimum atomic E-state index is -0.537. The zero-order valence-electron chi connectivity index (χ0n) is 15.3. The lowest BCUT2D eigenvalue weighted by Crippen LogP contribution is -2.14. The number of carbonyl (C=O) groups is 2. The second-order valence-corrected chi connectivity index (χ2v) is 5.87. The zero-order valence-corrected chi connectivity index (χ0v) is 15.3. The predicted molar refractivity (Wildman–Crippen MR) is 106 cm³/mol. The first kappa shape index (κ1) is 19.5. The molecule has 9 nitrogen and oxygen atoms in total. The molecule has 2 amide bonds. The molecular weight excluding hydrogens is 376 g/mol. The van der Waals surface area contributed by atoms with Gasteiger partial charge in [-0.15, -0.1) is 0 Å². The maximum absolute atomic E-state index is 12.3. The standard InChI is InChI=1S/C20H16N4O5/c1-29-18-11-15(22-19(25)13-4-7-16(8-5-13)24(27)28)6-9-17(18)23-20(26)14-3-2-10-21-12-14/h2-12H,1H3,(H,22,25)(H,23,26). The molecule has 0 unspecified atom stereocenters. The van der Waals surface area contributed by atoms with E-state index in [0.29, 0.717) is 22.7 Å². The van der Waals surface area contributed by atoms with E-state index < -0.39 is 10.8 Å². The highest BCUT2D eigenvalue weighted by atomic mass is 16.6. The first-order valence-electron chi connectivity index (χ1n) is 8.43. The van der Waals surface area contributed by atoms with Crippen LogP contribution in [-0.4, -0.2) is 28.8 Å². The summed E-state index contributed by atoms with van der Waals surface area (Å²) in [5.41, 5.74) is 1.42. The third kappa shape index (κ3) is 4.72. The number of nitrogens with one attached hydrogen (secondary N) is 2. The predicted octanol–water partition coefficient (Wildman–Crippen LogP) is 3.50. The summed E-state index contributed by atoms with van der Waals surface area (Å²) in [6, 6.07) is 13.3. The number of carbonyl (C=O) groups excluding carboxylic acids is 2. The molecule has 1 aromatic heterocycles. The molecule has 1 heterocycles. The van der Waals surface area contributed by atoms with Gasteiger partial charge in [0.05, 0.1) is 23.3 Å². The number of methoxy groups -OCH3 is 1. The Morgan fingerprint density at radius 3 is 2.34 bits per heavy atom. The van der Waals surface area contributed by atoms with E-state index in [2.05, 4.69) is 15.6 Å². The van der Waals surface area contributed by atoms with E-state index in [1.54, 1.807) is 36.5 Å². The Bertz CT molecular complexity index is 1050. The van der Waals surface area contributed by atoms with Gasteiger partial charge in [0.15, 0.2) is 0 Å². The Kier molecular flexibility index (Phi) is 5.79. The van der Waals surface area contributed by atoms with E-state index in [-0.39, 0.29) is 17.2 Å². The lowest BCUT2D eigenvalue weighted by Gasteiger charge is -2.12. The summed E-state index contributed by atoms with van der Waals surface area (Å²) in [6.45, 7) is 0. The Labute approximate surface area is 165 Å². The van der Waals surface area contributed by atoms with Crippen LogP contribution in [0.2, 0.25) is 0 Å². The van der Waals surface area contributed by atoms with Crippen LogP contribution in [0.4, 0.5) is 17.1 Å². The van der Waals surface area contributed by atoms with Crippen LogP contribution in [0.5, 0.6) is 5.75 Å². The van der Waals surface area contributed by atoms with Crippen LogP contribution in [0, 0.1) is 10.1 Å². The number of nitrogens with zero attached hydrogens (tertiary/aromatic N) is 2. The minimum absolute atomic E-state index is 0.100. The summed E-state index contributed by atoms with van der Waals surface area (Å²) < 4.78 is 5.30. The number of ether oxygens (including phenoxy) is 1. The lowest BCUT2D eigenvalue weighted by molar-refractivity contribution is -0.384. The summed E-state index contributed by atoms with van der Waals surface area (Å²) in [5.74, 6) is -0.433. The molecule has 0 saturated heterocycles. The van der Waals surface area contributed by atoms with Crippen LogP contribution >= 0.6 is 0 Å². The number of amides is 2. The molecular formula is C20H16N4O5. The Hall–Kier alpha value is -4.27. The smallest absolute Gasteiger partial charge is 0.269 e. The normalized spacial score (nSPS) is 10.1. The van der Waals surface area contributed by atoms with Crippen molar-refractivity contribution >= 4 is 28.9 Å². The van der Waals surface area contributed by atoms with Gasteiger partial charge in [0.1, 0.15) is 5.75 Å². The van der Waals surface area contributed by atoms with Gasteiger partial charge >= 0.3 is 0 Å². The third-order valence-electron chi connectivity index (χ3n) is 3.97. The molecule has 0 atom stereocenters. The lowest BCUT2D eigenvalue weighted by atomic mass is 10.2.